The van der Waals surface area contributed by atoms with Crippen molar-refractivity contribution in [2.24, 2.45) is 0 Å². The lowest BCUT2D eigenvalue weighted by atomic mass is 10.2. The van der Waals surface area contributed by atoms with Crippen molar-refractivity contribution in [1.82, 2.24) is 0 Å². The second-order valence-electron chi connectivity index (χ2n) is 5.47. The summed E-state index contributed by atoms with van der Waals surface area (Å²) in [5.41, 5.74) is 1.41. The first kappa shape index (κ1) is 15.3. The summed E-state index contributed by atoms with van der Waals surface area (Å²) in [5, 5.41) is -0.874. The highest BCUT2D eigenvalue weighted by molar-refractivity contribution is 8.14. The molecule has 22 heavy (non-hydrogen) atoms. The normalized spacial score (nSPS) is 22.7. The van der Waals surface area contributed by atoms with Crippen LogP contribution in [-0.4, -0.2) is 38.6 Å². The minimum absolute atomic E-state index is 0.0622. The maximum absolute atomic E-state index is 12.0. The zero-order valence-corrected chi connectivity index (χ0v) is 13.3. The quantitative estimate of drug-likeness (QED) is 0.780. The van der Waals surface area contributed by atoms with E-state index in [1.807, 2.05) is 0 Å². The summed E-state index contributed by atoms with van der Waals surface area (Å²) in [4.78, 5) is 26.8. The predicted octanol–water partition coefficient (Wildman–Crippen LogP) is 1.49. The van der Waals surface area contributed by atoms with E-state index in [4.69, 9.17) is 10.7 Å². The van der Waals surface area contributed by atoms with Crippen LogP contribution in [0.5, 0.6) is 0 Å². The Balaban J connectivity index is 1.79. The highest BCUT2D eigenvalue weighted by Crippen LogP contribution is 2.29. The molecule has 1 aromatic rings. The van der Waals surface area contributed by atoms with Gasteiger partial charge in [0.25, 0.3) is 0 Å². The lowest BCUT2D eigenvalue weighted by molar-refractivity contribution is -0.117. The fourth-order valence-corrected chi connectivity index (χ4v) is 3.87. The Kier molecular flexibility index (Phi) is 3.86. The van der Waals surface area contributed by atoms with E-state index >= 15 is 0 Å². The van der Waals surface area contributed by atoms with E-state index in [0.29, 0.717) is 18.7 Å². The Bertz CT molecular complexity index is 717. The Labute approximate surface area is 133 Å². The average Bonchev–Trinajstić information content (AvgIpc) is 3.05. The van der Waals surface area contributed by atoms with Gasteiger partial charge in [0, 0.05) is 48.0 Å². The van der Waals surface area contributed by atoms with Crippen molar-refractivity contribution >= 4 is 42.9 Å². The molecule has 0 N–H and O–H groups in total. The van der Waals surface area contributed by atoms with Gasteiger partial charge in [-0.1, -0.05) is 0 Å². The number of carbonyl (C=O) groups is 2. The van der Waals surface area contributed by atoms with Gasteiger partial charge in [-0.15, -0.1) is 0 Å². The van der Waals surface area contributed by atoms with Crippen LogP contribution in [0, 0.1) is 0 Å². The third kappa shape index (κ3) is 2.83. The third-order valence-electron chi connectivity index (χ3n) is 4.03. The molecule has 0 radical (unpaired) electrons. The number of benzene rings is 1. The molecule has 8 heteroatoms. The molecule has 2 heterocycles. The van der Waals surface area contributed by atoms with Crippen molar-refractivity contribution in [2.45, 2.75) is 24.5 Å². The first-order valence-electron chi connectivity index (χ1n) is 7.00. The van der Waals surface area contributed by atoms with Crippen LogP contribution in [0.25, 0.3) is 0 Å². The van der Waals surface area contributed by atoms with Gasteiger partial charge in [0.1, 0.15) is 5.25 Å². The lowest BCUT2D eigenvalue weighted by Gasteiger charge is -2.19. The Hall–Kier alpha value is -1.60. The van der Waals surface area contributed by atoms with Gasteiger partial charge in [-0.2, -0.15) is 0 Å². The monoisotopic (exact) mass is 342 g/mol. The van der Waals surface area contributed by atoms with Gasteiger partial charge in [0.05, 0.1) is 0 Å². The lowest BCUT2D eigenvalue weighted by Crippen LogP contribution is -2.27. The number of hydrogen-bond donors (Lipinski definition) is 0. The van der Waals surface area contributed by atoms with Crippen molar-refractivity contribution in [3.63, 3.8) is 0 Å². The fraction of sp³-hybridized carbons (Fsp3) is 0.429. The first-order chi connectivity index (χ1) is 10.4. The van der Waals surface area contributed by atoms with Crippen LogP contribution in [0.4, 0.5) is 11.4 Å². The number of carbonyl (C=O) groups excluding carboxylic acids is 2. The van der Waals surface area contributed by atoms with E-state index in [-0.39, 0.29) is 24.8 Å². The summed E-state index contributed by atoms with van der Waals surface area (Å²) in [5.74, 6) is -0.169. The molecule has 1 unspecified atom stereocenters. The van der Waals surface area contributed by atoms with Gasteiger partial charge in [-0.25, -0.2) is 8.42 Å². The van der Waals surface area contributed by atoms with Gasteiger partial charge >= 0.3 is 0 Å². The van der Waals surface area contributed by atoms with Crippen LogP contribution in [0.2, 0.25) is 0 Å². The molecule has 1 atom stereocenters. The first-order valence-corrected chi connectivity index (χ1v) is 9.38. The molecule has 2 aliphatic heterocycles. The molecule has 0 aromatic heterocycles. The topological polar surface area (TPSA) is 74.8 Å². The standard InChI is InChI=1S/C14H15ClN2O4S/c15-22(20,21)12-8-14(19)17(9-12)11-5-3-10(4-6-11)16-7-1-2-13(16)18/h3-6,12H,1-2,7-9H2. The van der Waals surface area contributed by atoms with Gasteiger partial charge in [-0.05, 0) is 30.7 Å². The van der Waals surface area contributed by atoms with Crippen LogP contribution in [0.15, 0.2) is 24.3 Å². The van der Waals surface area contributed by atoms with Crippen molar-refractivity contribution in [2.75, 3.05) is 22.9 Å². The number of nitrogens with zero attached hydrogens (tertiary/aromatic N) is 2. The summed E-state index contributed by atoms with van der Waals surface area (Å²) in [7, 11) is 1.59. The molecule has 1 aromatic carbocycles. The fourth-order valence-electron chi connectivity index (χ4n) is 2.85. The maximum Gasteiger partial charge on any atom is 0.237 e. The molecular formula is C14H15ClN2O4S. The Morgan fingerprint density at radius 2 is 1.59 bits per heavy atom. The number of rotatable bonds is 3. The van der Waals surface area contributed by atoms with E-state index in [1.54, 1.807) is 29.2 Å². The van der Waals surface area contributed by atoms with Gasteiger partial charge < -0.3 is 9.80 Å². The average molecular weight is 343 g/mol. The summed E-state index contributed by atoms with van der Waals surface area (Å²) in [6.45, 7) is 0.764. The SMILES string of the molecule is O=C1CCCN1c1ccc(N2CC(S(=O)(=O)Cl)CC2=O)cc1. The highest BCUT2D eigenvalue weighted by atomic mass is 35.7. The zero-order chi connectivity index (χ0) is 15.9. The van der Waals surface area contributed by atoms with E-state index in [9.17, 15) is 18.0 Å². The highest BCUT2D eigenvalue weighted by Gasteiger charge is 2.38. The van der Waals surface area contributed by atoms with Gasteiger partial charge in [-0.3, -0.25) is 9.59 Å². The third-order valence-corrected chi connectivity index (χ3v) is 5.90. The van der Waals surface area contributed by atoms with Crippen LogP contribution in [-0.2, 0) is 18.6 Å². The number of hydrogen-bond acceptors (Lipinski definition) is 4. The number of amides is 2. The zero-order valence-electron chi connectivity index (χ0n) is 11.7. The van der Waals surface area contributed by atoms with Crippen LogP contribution in [0.3, 0.4) is 0 Å². The Morgan fingerprint density at radius 3 is 2.05 bits per heavy atom. The van der Waals surface area contributed by atoms with Crippen LogP contribution in [0.1, 0.15) is 19.3 Å². The summed E-state index contributed by atoms with van der Waals surface area (Å²) < 4.78 is 22.7. The van der Waals surface area contributed by atoms with Crippen LogP contribution < -0.4 is 9.80 Å². The molecule has 0 aliphatic carbocycles. The van der Waals surface area contributed by atoms with Gasteiger partial charge in [0.15, 0.2) is 0 Å². The molecule has 2 amide bonds. The molecule has 3 rings (SSSR count). The Morgan fingerprint density at radius 1 is 1.00 bits per heavy atom. The van der Waals surface area contributed by atoms with Crippen molar-refractivity contribution in [3.8, 4) is 0 Å². The second-order valence-corrected chi connectivity index (χ2v) is 8.38. The molecule has 6 nitrogen and oxygen atoms in total. The molecule has 2 saturated heterocycles. The number of halogens is 1. The minimum Gasteiger partial charge on any atom is -0.312 e. The van der Waals surface area contributed by atoms with E-state index < -0.39 is 14.3 Å². The molecular weight excluding hydrogens is 328 g/mol. The van der Waals surface area contributed by atoms with Crippen molar-refractivity contribution in [3.05, 3.63) is 24.3 Å². The summed E-state index contributed by atoms with van der Waals surface area (Å²) in [6, 6.07) is 6.99. The predicted molar refractivity (Wildman–Crippen MR) is 83.6 cm³/mol. The maximum atomic E-state index is 12.0. The molecule has 2 fully saturated rings. The van der Waals surface area contributed by atoms with Gasteiger partial charge in [0.2, 0.25) is 20.9 Å². The van der Waals surface area contributed by atoms with E-state index in [2.05, 4.69) is 0 Å². The molecule has 118 valence electrons. The molecule has 0 bridgehead atoms. The van der Waals surface area contributed by atoms with E-state index in [0.717, 1.165) is 12.1 Å². The second kappa shape index (κ2) is 5.55. The van der Waals surface area contributed by atoms with Crippen molar-refractivity contribution < 1.29 is 18.0 Å². The number of anilines is 2. The smallest absolute Gasteiger partial charge is 0.237 e. The summed E-state index contributed by atoms with van der Waals surface area (Å²) in [6.07, 6.45) is 1.31. The van der Waals surface area contributed by atoms with Crippen molar-refractivity contribution in [1.29, 1.82) is 0 Å². The van der Waals surface area contributed by atoms with Crippen LogP contribution >= 0.6 is 10.7 Å². The molecule has 0 saturated carbocycles. The molecule has 2 aliphatic rings. The molecule has 0 spiro atoms. The minimum atomic E-state index is -3.75. The largest absolute Gasteiger partial charge is 0.312 e. The van der Waals surface area contributed by atoms with E-state index in [1.165, 1.54) is 4.90 Å². The summed E-state index contributed by atoms with van der Waals surface area (Å²) >= 11 is 0.